The Bertz CT molecular complexity index is 1270. The van der Waals surface area contributed by atoms with E-state index in [1.807, 2.05) is 31.2 Å². The fraction of sp³-hybridized carbons (Fsp3) is 0.444. The van der Waals surface area contributed by atoms with Gasteiger partial charge in [0.1, 0.15) is 11.5 Å². The first-order valence-corrected chi connectivity index (χ1v) is 11.3. The molecule has 2 aromatic rings. The lowest BCUT2D eigenvalue weighted by Gasteiger charge is -2.42. The van der Waals surface area contributed by atoms with E-state index in [-0.39, 0.29) is 28.0 Å². The first-order valence-electron chi connectivity index (χ1n) is 11.3. The zero-order valence-electron chi connectivity index (χ0n) is 19.3. The summed E-state index contributed by atoms with van der Waals surface area (Å²) in [6.07, 6.45) is 1.97. The normalized spacial score (nSPS) is 22.7. The maximum absolute atomic E-state index is 13.4. The Labute approximate surface area is 187 Å². The van der Waals surface area contributed by atoms with Gasteiger partial charge in [-0.15, -0.1) is 0 Å². The fourth-order valence-electron chi connectivity index (χ4n) is 5.60. The van der Waals surface area contributed by atoms with Crippen LogP contribution in [0.3, 0.4) is 0 Å². The third-order valence-corrected chi connectivity index (χ3v) is 7.01. The smallest absolute Gasteiger partial charge is 0.252 e. The van der Waals surface area contributed by atoms with E-state index >= 15 is 0 Å². The summed E-state index contributed by atoms with van der Waals surface area (Å²) in [5.74, 6) is 0.520. The van der Waals surface area contributed by atoms with E-state index in [4.69, 9.17) is 4.74 Å². The summed E-state index contributed by atoms with van der Waals surface area (Å²) in [5, 5.41) is 0.891. The number of para-hydroxylation sites is 1. The van der Waals surface area contributed by atoms with Gasteiger partial charge in [0, 0.05) is 42.4 Å². The van der Waals surface area contributed by atoms with Gasteiger partial charge in [0.05, 0.1) is 11.4 Å². The highest BCUT2D eigenvalue weighted by molar-refractivity contribution is 6.06. The minimum atomic E-state index is -0.672. The van der Waals surface area contributed by atoms with E-state index in [0.717, 1.165) is 16.5 Å². The van der Waals surface area contributed by atoms with Gasteiger partial charge in [-0.3, -0.25) is 14.4 Å². The van der Waals surface area contributed by atoms with Crippen LogP contribution in [0.2, 0.25) is 0 Å². The first kappa shape index (κ1) is 20.9. The molecule has 5 heteroatoms. The summed E-state index contributed by atoms with van der Waals surface area (Å²) in [7, 11) is 0. The minimum absolute atomic E-state index is 0.0332. The quantitative estimate of drug-likeness (QED) is 0.670. The number of benzene rings is 1. The van der Waals surface area contributed by atoms with Crippen LogP contribution in [0.4, 0.5) is 0 Å². The number of fused-ring (bicyclic) bond motifs is 1. The molecule has 0 saturated carbocycles. The van der Waals surface area contributed by atoms with Crippen molar-refractivity contribution in [2.24, 2.45) is 10.8 Å². The molecule has 5 nitrogen and oxygen atoms in total. The number of aromatic amines is 1. The standard InChI is InChI=1S/C27H29NO4/c1-14-7-6-8-15-9-16(25(31)28-24(14)15)21-22-17(29)10-26(2,3)12-19(22)32-20-13-27(4,5)11-18(30)23(20)21/h6-9,21H,10-13H2,1-5H3,(H,28,31). The van der Waals surface area contributed by atoms with Crippen LogP contribution in [0.25, 0.3) is 10.9 Å². The van der Waals surface area contributed by atoms with Crippen molar-refractivity contribution >= 4 is 22.5 Å². The van der Waals surface area contributed by atoms with E-state index in [2.05, 4.69) is 32.7 Å². The van der Waals surface area contributed by atoms with E-state index in [0.29, 0.717) is 53.9 Å². The number of hydrogen-bond donors (Lipinski definition) is 1. The number of ether oxygens (including phenoxy) is 1. The summed E-state index contributed by atoms with van der Waals surface area (Å²) in [6, 6.07) is 7.70. The number of allylic oxidation sites excluding steroid dienone is 4. The van der Waals surface area contributed by atoms with E-state index in [9.17, 15) is 14.4 Å². The van der Waals surface area contributed by atoms with Crippen LogP contribution in [-0.4, -0.2) is 16.6 Å². The van der Waals surface area contributed by atoms with Crippen LogP contribution < -0.4 is 5.56 Å². The number of carbonyl (C=O) groups excluding carboxylic acids is 2. The van der Waals surface area contributed by atoms with E-state index in [1.54, 1.807) is 0 Å². The molecule has 0 saturated heterocycles. The molecule has 1 aliphatic heterocycles. The molecule has 2 aliphatic carbocycles. The summed E-state index contributed by atoms with van der Waals surface area (Å²) in [4.78, 5) is 43.1. The Kier molecular flexibility index (Phi) is 4.43. The molecule has 3 aliphatic rings. The molecule has 1 aromatic heterocycles. The number of pyridine rings is 1. The Morgan fingerprint density at radius 1 is 0.875 bits per heavy atom. The average molecular weight is 432 g/mol. The van der Waals surface area contributed by atoms with Gasteiger partial charge in [0.15, 0.2) is 11.6 Å². The molecule has 0 bridgehead atoms. The van der Waals surface area contributed by atoms with Gasteiger partial charge in [-0.05, 0) is 34.8 Å². The van der Waals surface area contributed by atoms with Crippen LogP contribution in [0.1, 0.15) is 70.4 Å². The first-order chi connectivity index (χ1) is 15.0. The molecule has 166 valence electrons. The van der Waals surface area contributed by atoms with Gasteiger partial charge in [-0.1, -0.05) is 45.9 Å². The molecule has 0 spiro atoms. The van der Waals surface area contributed by atoms with Gasteiger partial charge in [-0.25, -0.2) is 0 Å². The Morgan fingerprint density at radius 3 is 2.00 bits per heavy atom. The van der Waals surface area contributed by atoms with Crippen LogP contribution in [0.5, 0.6) is 0 Å². The van der Waals surface area contributed by atoms with Crippen molar-refractivity contribution in [2.45, 2.75) is 66.2 Å². The summed E-state index contributed by atoms with van der Waals surface area (Å²) < 4.78 is 6.31. The van der Waals surface area contributed by atoms with E-state index < -0.39 is 5.92 Å². The Hall–Kier alpha value is -2.95. The third kappa shape index (κ3) is 3.26. The second kappa shape index (κ2) is 6.77. The molecule has 0 radical (unpaired) electrons. The van der Waals surface area contributed by atoms with Crippen molar-refractivity contribution in [1.29, 1.82) is 0 Å². The lowest BCUT2D eigenvalue weighted by molar-refractivity contribution is -0.120. The average Bonchev–Trinajstić information content (AvgIpc) is 2.64. The number of carbonyl (C=O) groups is 2. The van der Waals surface area contributed by atoms with Crippen LogP contribution >= 0.6 is 0 Å². The van der Waals surface area contributed by atoms with Crippen molar-refractivity contribution in [3.63, 3.8) is 0 Å². The molecule has 5 rings (SSSR count). The summed E-state index contributed by atoms with van der Waals surface area (Å²) in [5.41, 5.74) is 2.49. The largest absolute Gasteiger partial charge is 0.465 e. The molecule has 1 aromatic carbocycles. The maximum Gasteiger partial charge on any atom is 0.252 e. The number of rotatable bonds is 1. The molecule has 1 N–H and O–H groups in total. The van der Waals surface area contributed by atoms with Crippen molar-refractivity contribution < 1.29 is 14.3 Å². The van der Waals surface area contributed by atoms with Gasteiger partial charge in [0.25, 0.3) is 5.56 Å². The van der Waals surface area contributed by atoms with Crippen LogP contribution in [0, 0.1) is 17.8 Å². The molecule has 32 heavy (non-hydrogen) atoms. The van der Waals surface area contributed by atoms with Gasteiger partial charge < -0.3 is 9.72 Å². The number of hydrogen-bond acceptors (Lipinski definition) is 4. The number of ketones is 2. The highest BCUT2D eigenvalue weighted by atomic mass is 16.5. The van der Waals surface area contributed by atoms with Crippen LogP contribution in [-0.2, 0) is 14.3 Å². The van der Waals surface area contributed by atoms with Gasteiger partial charge >= 0.3 is 0 Å². The predicted octanol–water partition coefficient (Wildman–Crippen LogP) is 5.24. The lowest BCUT2D eigenvalue weighted by atomic mass is 9.65. The number of aryl methyl sites for hydroxylation is 1. The van der Waals surface area contributed by atoms with Crippen molar-refractivity contribution in [2.75, 3.05) is 0 Å². The molecule has 0 fully saturated rings. The fourth-order valence-corrected chi connectivity index (χ4v) is 5.60. The predicted molar refractivity (Wildman–Crippen MR) is 123 cm³/mol. The SMILES string of the molecule is Cc1cccc2cc(C3C4=C(CC(C)(C)CC4=O)OC4=C3C(=O)CC(C)(C)C4)c(=O)[nH]c12. The van der Waals surface area contributed by atoms with Crippen molar-refractivity contribution in [3.8, 4) is 0 Å². The van der Waals surface area contributed by atoms with Crippen LogP contribution in [0.15, 0.2) is 51.7 Å². The zero-order chi connectivity index (χ0) is 23.0. The molecular weight excluding hydrogens is 402 g/mol. The highest BCUT2D eigenvalue weighted by Gasteiger charge is 2.48. The second-order valence-electron chi connectivity index (χ2n) is 11.2. The van der Waals surface area contributed by atoms with E-state index in [1.165, 1.54) is 0 Å². The minimum Gasteiger partial charge on any atom is -0.465 e. The van der Waals surface area contributed by atoms with Gasteiger partial charge in [0.2, 0.25) is 0 Å². The maximum atomic E-state index is 13.4. The summed E-state index contributed by atoms with van der Waals surface area (Å²) in [6.45, 7) is 10.2. The monoisotopic (exact) mass is 431 g/mol. The Balaban J connectivity index is 1.78. The lowest BCUT2D eigenvalue weighted by Crippen LogP contribution is -2.39. The molecule has 0 amide bonds. The molecule has 0 atom stereocenters. The molecular formula is C27H29NO4. The zero-order valence-corrected chi connectivity index (χ0v) is 19.3. The number of aromatic nitrogens is 1. The number of H-pyrrole nitrogens is 1. The summed E-state index contributed by atoms with van der Waals surface area (Å²) >= 11 is 0. The van der Waals surface area contributed by atoms with Crippen molar-refractivity contribution in [3.05, 3.63) is 68.4 Å². The molecule has 2 heterocycles. The topological polar surface area (TPSA) is 76.2 Å². The Morgan fingerprint density at radius 2 is 1.44 bits per heavy atom. The molecule has 0 unspecified atom stereocenters. The number of Topliss-reactive ketones (excluding diaryl/α,β-unsaturated/α-hetero) is 2. The third-order valence-electron chi connectivity index (χ3n) is 7.01. The highest BCUT2D eigenvalue weighted by Crippen LogP contribution is 2.52. The van der Waals surface area contributed by atoms with Gasteiger partial charge in [-0.2, -0.15) is 0 Å². The number of nitrogens with one attached hydrogen (secondary N) is 1. The van der Waals surface area contributed by atoms with Crippen molar-refractivity contribution in [1.82, 2.24) is 4.98 Å². The second-order valence-corrected chi connectivity index (χ2v) is 11.2.